The third-order valence-electron chi connectivity index (χ3n) is 3.73. The molecule has 0 radical (unpaired) electrons. The van der Waals surface area contributed by atoms with E-state index >= 15 is 0 Å². The molecule has 0 atom stereocenters. The number of pyridine rings is 1. The molecule has 1 fully saturated rings. The molecule has 0 spiro atoms. The minimum atomic E-state index is 0.525. The van der Waals surface area contributed by atoms with Gasteiger partial charge in [-0.15, -0.1) is 16.1 Å². The molecule has 2 aromatic heterocycles. The zero-order chi connectivity index (χ0) is 16.8. The van der Waals surface area contributed by atoms with E-state index in [4.69, 9.17) is 0 Å². The summed E-state index contributed by atoms with van der Waals surface area (Å²) in [5.41, 5.74) is 1.73. The predicted molar refractivity (Wildman–Crippen MR) is 96.0 cm³/mol. The maximum atomic E-state index is 4.65. The SMILES string of the molecule is CC#C/C=C\C(CNc1cccc(-c2nncn2C2CC2)n1)=N/C. The second-order valence-electron chi connectivity index (χ2n) is 5.50. The van der Waals surface area contributed by atoms with Crippen molar-refractivity contribution in [2.75, 3.05) is 18.9 Å². The molecular formula is C18H20N6. The van der Waals surface area contributed by atoms with Crippen LogP contribution in [0.15, 0.2) is 41.7 Å². The monoisotopic (exact) mass is 320 g/mol. The Morgan fingerprint density at radius 1 is 1.46 bits per heavy atom. The summed E-state index contributed by atoms with van der Waals surface area (Å²) < 4.78 is 2.11. The Kier molecular flexibility index (Phi) is 5.02. The molecule has 1 saturated carbocycles. The molecule has 0 unspecified atom stereocenters. The standard InChI is InChI=1S/C18H20N6/c1-3-4-5-7-14(19-2)12-20-17-9-6-8-16(22-17)18-23-21-13-24(18)15-10-11-15/h5-9,13,15H,10-12H2,1-2H3,(H,20,22)/b7-5-,19-14+. The highest BCUT2D eigenvalue weighted by molar-refractivity contribution is 5.98. The molecule has 1 aliphatic carbocycles. The lowest BCUT2D eigenvalue weighted by molar-refractivity contribution is 0.744. The normalized spacial score (nSPS) is 14.5. The summed E-state index contributed by atoms with van der Waals surface area (Å²) in [4.78, 5) is 8.89. The molecule has 0 aliphatic heterocycles. The molecule has 1 aliphatic rings. The van der Waals surface area contributed by atoms with Crippen LogP contribution in [-0.2, 0) is 0 Å². The third-order valence-corrected chi connectivity index (χ3v) is 3.73. The highest BCUT2D eigenvalue weighted by Gasteiger charge is 2.26. The quantitative estimate of drug-likeness (QED) is 0.656. The molecule has 122 valence electrons. The van der Waals surface area contributed by atoms with Crippen LogP contribution in [0.2, 0.25) is 0 Å². The average Bonchev–Trinajstić information content (AvgIpc) is 3.35. The van der Waals surface area contributed by atoms with Gasteiger partial charge in [-0.1, -0.05) is 12.0 Å². The van der Waals surface area contributed by atoms with E-state index in [-0.39, 0.29) is 0 Å². The lowest BCUT2D eigenvalue weighted by atomic mass is 10.3. The average molecular weight is 320 g/mol. The predicted octanol–water partition coefficient (Wildman–Crippen LogP) is 2.74. The van der Waals surface area contributed by atoms with Gasteiger partial charge in [0.2, 0.25) is 0 Å². The molecular weight excluding hydrogens is 300 g/mol. The largest absolute Gasteiger partial charge is 0.364 e. The van der Waals surface area contributed by atoms with Crippen molar-refractivity contribution < 1.29 is 0 Å². The molecule has 2 heterocycles. The number of aliphatic imine (C=N–C) groups is 1. The van der Waals surface area contributed by atoms with Crippen LogP contribution in [0, 0.1) is 11.8 Å². The van der Waals surface area contributed by atoms with Gasteiger partial charge in [0.1, 0.15) is 17.8 Å². The van der Waals surface area contributed by atoms with E-state index in [9.17, 15) is 0 Å². The Balaban J connectivity index is 1.71. The van der Waals surface area contributed by atoms with Gasteiger partial charge in [0.15, 0.2) is 5.82 Å². The summed E-state index contributed by atoms with van der Waals surface area (Å²) in [6.07, 6.45) is 7.86. The lowest BCUT2D eigenvalue weighted by Gasteiger charge is -2.08. The maximum absolute atomic E-state index is 4.65. The minimum absolute atomic E-state index is 0.525. The van der Waals surface area contributed by atoms with Crippen molar-refractivity contribution in [1.29, 1.82) is 0 Å². The Morgan fingerprint density at radius 2 is 2.33 bits per heavy atom. The van der Waals surface area contributed by atoms with Crippen LogP contribution < -0.4 is 5.32 Å². The van der Waals surface area contributed by atoms with Crippen LogP contribution >= 0.6 is 0 Å². The van der Waals surface area contributed by atoms with Crippen molar-refractivity contribution in [2.24, 2.45) is 4.99 Å². The zero-order valence-corrected chi connectivity index (χ0v) is 13.9. The van der Waals surface area contributed by atoms with Gasteiger partial charge in [0.05, 0.1) is 12.3 Å². The number of hydrogen-bond donors (Lipinski definition) is 1. The van der Waals surface area contributed by atoms with E-state index in [0.29, 0.717) is 12.6 Å². The molecule has 0 aromatic carbocycles. The number of hydrogen-bond acceptors (Lipinski definition) is 5. The first-order chi connectivity index (χ1) is 11.8. The first kappa shape index (κ1) is 15.9. The Hall–Kier alpha value is -2.94. The Bertz CT molecular complexity index is 817. The Morgan fingerprint density at radius 3 is 3.08 bits per heavy atom. The van der Waals surface area contributed by atoms with E-state index in [1.54, 1.807) is 26.4 Å². The first-order valence-electron chi connectivity index (χ1n) is 7.97. The highest BCUT2D eigenvalue weighted by Crippen LogP contribution is 2.37. The third kappa shape index (κ3) is 3.87. The number of aromatic nitrogens is 4. The van der Waals surface area contributed by atoms with Gasteiger partial charge in [-0.3, -0.25) is 4.99 Å². The van der Waals surface area contributed by atoms with Crippen molar-refractivity contribution in [3.8, 4) is 23.4 Å². The summed E-state index contributed by atoms with van der Waals surface area (Å²) in [6, 6.07) is 6.39. The van der Waals surface area contributed by atoms with Gasteiger partial charge in [-0.25, -0.2) is 4.98 Å². The van der Waals surface area contributed by atoms with Crippen molar-refractivity contribution in [3.63, 3.8) is 0 Å². The van der Waals surface area contributed by atoms with Gasteiger partial charge in [-0.05, 0) is 44.1 Å². The van der Waals surface area contributed by atoms with Gasteiger partial charge >= 0.3 is 0 Å². The topological polar surface area (TPSA) is 68.0 Å². The van der Waals surface area contributed by atoms with Crippen molar-refractivity contribution in [2.45, 2.75) is 25.8 Å². The van der Waals surface area contributed by atoms with Gasteiger partial charge in [0, 0.05) is 13.1 Å². The summed E-state index contributed by atoms with van der Waals surface area (Å²) in [6.45, 7) is 2.39. The van der Waals surface area contributed by atoms with E-state index in [2.05, 4.69) is 41.9 Å². The van der Waals surface area contributed by atoms with Crippen molar-refractivity contribution in [3.05, 3.63) is 36.7 Å². The van der Waals surface area contributed by atoms with Crippen LogP contribution in [0.25, 0.3) is 11.5 Å². The van der Waals surface area contributed by atoms with E-state index in [0.717, 1.165) is 23.0 Å². The molecule has 24 heavy (non-hydrogen) atoms. The smallest absolute Gasteiger partial charge is 0.182 e. The van der Waals surface area contributed by atoms with Crippen LogP contribution in [0.1, 0.15) is 25.8 Å². The zero-order valence-electron chi connectivity index (χ0n) is 13.9. The molecule has 1 N–H and O–H groups in total. The van der Waals surface area contributed by atoms with Gasteiger partial charge in [0.25, 0.3) is 0 Å². The maximum Gasteiger partial charge on any atom is 0.182 e. The van der Waals surface area contributed by atoms with Crippen LogP contribution in [0.4, 0.5) is 5.82 Å². The minimum Gasteiger partial charge on any atom is -0.364 e. The van der Waals surface area contributed by atoms with Crippen LogP contribution in [-0.4, -0.2) is 39.1 Å². The van der Waals surface area contributed by atoms with E-state index in [1.807, 2.05) is 24.3 Å². The van der Waals surface area contributed by atoms with E-state index < -0.39 is 0 Å². The second kappa shape index (κ2) is 7.55. The molecule has 6 heteroatoms. The molecule has 0 saturated heterocycles. The molecule has 0 amide bonds. The van der Waals surface area contributed by atoms with Gasteiger partial charge < -0.3 is 9.88 Å². The molecule has 2 aromatic rings. The number of allylic oxidation sites excluding steroid dienone is 1. The molecule has 0 bridgehead atoms. The van der Waals surface area contributed by atoms with E-state index in [1.165, 1.54) is 12.8 Å². The first-order valence-corrected chi connectivity index (χ1v) is 7.97. The van der Waals surface area contributed by atoms with Gasteiger partial charge in [-0.2, -0.15) is 0 Å². The molecule has 3 rings (SSSR count). The number of anilines is 1. The summed E-state index contributed by atoms with van der Waals surface area (Å²) >= 11 is 0. The number of nitrogens with zero attached hydrogens (tertiary/aromatic N) is 5. The number of nitrogens with one attached hydrogen (secondary N) is 1. The summed E-state index contributed by atoms with van der Waals surface area (Å²) in [7, 11) is 1.77. The van der Waals surface area contributed by atoms with Crippen LogP contribution in [0.3, 0.4) is 0 Å². The fourth-order valence-electron chi connectivity index (χ4n) is 2.32. The lowest BCUT2D eigenvalue weighted by Crippen LogP contribution is -2.13. The number of rotatable bonds is 6. The fourth-order valence-corrected chi connectivity index (χ4v) is 2.32. The summed E-state index contributed by atoms with van der Waals surface area (Å²) in [5.74, 6) is 7.32. The highest BCUT2D eigenvalue weighted by atomic mass is 15.3. The fraction of sp³-hybridized carbons (Fsp3) is 0.333. The van der Waals surface area contributed by atoms with Crippen LogP contribution in [0.5, 0.6) is 0 Å². The Labute approximate surface area is 141 Å². The van der Waals surface area contributed by atoms with Crippen molar-refractivity contribution >= 4 is 11.5 Å². The molecule has 6 nitrogen and oxygen atoms in total. The van der Waals surface area contributed by atoms with Crippen molar-refractivity contribution in [1.82, 2.24) is 19.7 Å². The summed E-state index contributed by atoms with van der Waals surface area (Å²) in [5, 5.41) is 11.5. The second-order valence-corrected chi connectivity index (χ2v) is 5.50.